The lowest BCUT2D eigenvalue weighted by molar-refractivity contribution is -0.915. The molecule has 0 aromatic heterocycles. The number of hydrogen-bond donors (Lipinski definition) is 1. The smallest absolute Gasteiger partial charge is 0.161 e. The van der Waals surface area contributed by atoms with Crippen LogP contribution in [0.1, 0.15) is 13.8 Å². The van der Waals surface area contributed by atoms with Crippen LogP contribution in [0.25, 0.3) is 0 Å². The maximum atomic E-state index is 5.89. The minimum atomic E-state index is 0.326. The molecule has 0 saturated carbocycles. The Morgan fingerprint density at radius 1 is 1.19 bits per heavy atom. The second-order valence-corrected chi connectivity index (χ2v) is 5.56. The first kappa shape index (κ1) is 15.9. The number of hydrogen-bond acceptors (Lipinski definition) is 3. The molecular formula is C17H26NO3+. The minimum Gasteiger partial charge on any atom is -0.486 e. The van der Waals surface area contributed by atoms with Gasteiger partial charge in [-0.25, -0.2) is 0 Å². The Morgan fingerprint density at radius 3 is 2.43 bits per heavy atom. The maximum Gasteiger partial charge on any atom is 0.161 e. The van der Waals surface area contributed by atoms with Gasteiger partial charge in [0.15, 0.2) is 11.5 Å². The fourth-order valence-corrected chi connectivity index (χ4v) is 2.74. The normalized spacial score (nSPS) is 25.3. The molecule has 2 rings (SSSR count). The highest BCUT2D eigenvalue weighted by Gasteiger charge is 2.25. The fraction of sp³-hybridized carbons (Fsp3) is 0.529. The molecule has 0 aliphatic carbocycles. The lowest BCUT2D eigenvalue weighted by Gasteiger charge is -2.32. The molecule has 1 heterocycles. The third-order valence-electron chi connectivity index (χ3n) is 3.54. The Bertz CT molecular complexity index is 439. The van der Waals surface area contributed by atoms with Crippen molar-refractivity contribution in [3.05, 3.63) is 36.9 Å². The van der Waals surface area contributed by atoms with Gasteiger partial charge in [-0.2, -0.15) is 0 Å². The Hall–Kier alpha value is -1.52. The second kappa shape index (κ2) is 8.05. The molecule has 0 spiro atoms. The molecule has 0 unspecified atom stereocenters. The summed E-state index contributed by atoms with van der Waals surface area (Å²) in [5.41, 5.74) is 0. The number of nitrogens with one attached hydrogen (secondary N) is 1. The van der Waals surface area contributed by atoms with Crippen molar-refractivity contribution in [1.82, 2.24) is 0 Å². The summed E-state index contributed by atoms with van der Waals surface area (Å²) in [4.78, 5) is 1.53. The van der Waals surface area contributed by atoms with E-state index in [1.807, 2.05) is 24.3 Å². The van der Waals surface area contributed by atoms with E-state index in [1.165, 1.54) is 4.90 Å². The monoisotopic (exact) mass is 292 g/mol. The maximum absolute atomic E-state index is 5.89. The van der Waals surface area contributed by atoms with Crippen LogP contribution in [0.4, 0.5) is 0 Å². The minimum absolute atomic E-state index is 0.326. The number of para-hydroxylation sites is 2. The molecule has 0 bridgehead atoms. The largest absolute Gasteiger partial charge is 0.486 e. The van der Waals surface area contributed by atoms with Crippen LogP contribution in [-0.2, 0) is 4.74 Å². The first-order chi connectivity index (χ1) is 10.2. The highest BCUT2D eigenvalue weighted by molar-refractivity contribution is 5.39. The van der Waals surface area contributed by atoms with Crippen molar-refractivity contribution in [1.29, 1.82) is 0 Å². The van der Waals surface area contributed by atoms with E-state index >= 15 is 0 Å². The predicted molar refractivity (Wildman–Crippen MR) is 83.2 cm³/mol. The molecule has 2 atom stereocenters. The molecule has 1 saturated heterocycles. The molecule has 1 fully saturated rings. The van der Waals surface area contributed by atoms with Gasteiger partial charge in [0.05, 0.1) is 0 Å². The molecule has 1 aromatic rings. The van der Waals surface area contributed by atoms with E-state index in [0.29, 0.717) is 25.4 Å². The molecule has 116 valence electrons. The molecule has 4 nitrogen and oxygen atoms in total. The van der Waals surface area contributed by atoms with E-state index < -0.39 is 0 Å². The number of morpholine rings is 1. The number of quaternary nitrogens is 1. The molecule has 1 aliphatic heterocycles. The Kier molecular flexibility index (Phi) is 6.08. The summed E-state index contributed by atoms with van der Waals surface area (Å²) in [6.45, 7) is 12.2. The van der Waals surface area contributed by atoms with E-state index in [1.54, 1.807) is 6.08 Å². The summed E-state index contributed by atoms with van der Waals surface area (Å²) in [6, 6.07) is 7.77. The van der Waals surface area contributed by atoms with Crippen molar-refractivity contribution in [2.45, 2.75) is 26.1 Å². The van der Waals surface area contributed by atoms with Crippen LogP contribution in [0, 0.1) is 0 Å². The van der Waals surface area contributed by atoms with Crippen LogP contribution in [0.15, 0.2) is 36.9 Å². The Balaban J connectivity index is 1.81. The fourth-order valence-electron chi connectivity index (χ4n) is 2.74. The summed E-state index contributed by atoms with van der Waals surface area (Å²) in [6.07, 6.45) is 2.39. The Morgan fingerprint density at radius 2 is 1.81 bits per heavy atom. The van der Waals surface area contributed by atoms with Crippen LogP contribution >= 0.6 is 0 Å². The molecule has 0 amide bonds. The van der Waals surface area contributed by atoms with Gasteiger partial charge in [-0.05, 0) is 26.0 Å². The van der Waals surface area contributed by atoms with E-state index in [4.69, 9.17) is 14.2 Å². The van der Waals surface area contributed by atoms with E-state index in [-0.39, 0.29) is 0 Å². The van der Waals surface area contributed by atoms with Crippen molar-refractivity contribution < 1.29 is 19.1 Å². The van der Waals surface area contributed by atoms with Gasteiger partial charge in [0.1, 0.15) is 45.1 Å². The highest BCUT2D eigenvalue weighted by atomic mass is 16.5. The summed E-state index contributed by atoms with van der Waals surface area (Å²) in [5.74, 6) is 1.57. The van der Waals surface area contributed by atoms with E-state index in [9.17, 15) is 0 Å². The van der Waals surface area contributed by atoms with Gasteiger partial charge in [-0.15, -0.1) is 0 Å². The molecule has 4 heteroatoms. The van der Waals surface area contributed by atoms with Crippen molar-refractivity contribution in [2.75, 3.05) is 32.8 Å². The van der Waals surface area contributed by atoms with Crippen molar-refractivity contribution in [3.63, 3.8) is 0 Å². The van der Waals surface area contributed by atoms with Gasteiger partial charge in [-0.3, -0.25) is 0 Å². The van der Waals surface area contributed by atoms with E-state index in [0.717, 1.165) is 31.1 Å². The zero-order chi connectivity index (χ0) is 15.1. The van der Waals surface area contributed by atoms with Gasteiger partial charge < -0.3 is 19.1 Å². The van der Waals surface area contributed by atoms with Crippen LogP contribution in [0.2, 0.25) is 0 Å². The molecule has 1 N–H and O–H groups in total. The second-order valence-electron chi connectivity index (χ2n) is 5.56. The highest BCUT2D eigenvalue weighted by Crippen LogP contribution is 2.26. The third kappa shape index (κ3) is 5.06. The summed E-state index contributed by atoms with van der Waals surface area (Å²) < 4.78 is 17.2. The first-order valence-electron chi connectivity index (χ1n) is 7.63. The van der Waals surface area contributed by atoms with Crippen LogP contribution in [0.5, 0.6) is 11.5 Å². The van der Waals surface area contributed by atoms with E-state index in [2.05, 4.69) is 20.4 Å². The average molecular weight is 292 g/mol. The number of ether oxygens (including phenoxy) is 3. The molecule has 0 radical (unpaired) electrons. The molecular weight excluding hydrogens is 266 g/mol. The molecule has 21 heavy (non-hydrogen) atoms. The first-order valence-corrected chi connectivity index (χ1v) is 7.63. The average Bonchev–Trinajstić information content (AvgIpc) is 2.45. The lowest BCUT2D eigenvalue weighted by Crippen LogP contribution is -3.16. The lowest BCUT2D eigenvalue weighted by atomic mass is 10.2. The van der Waals surface area contributed by atoms with Gasteiger partial charge in [0.25, 0.3) is 0 Å². The SMILES string of the molecule is C=CCOc1ccccc1OCC[NH+]1C[C@H](C)O[C@@H](C)C1. The van der Waals surface area contributed by atoms with Crippen molar-refractivity contribution in [3.8, 4) is 11.5 Å². The zero-order valence-electron chi connectivity index (χ0n) is 13.0. The summed E-state index contributed by atoms with van der Waals surface area (Å²) in [7, 11) is 0. The van der Waals surface area contributed by atoms with Gasteiger partial charge >= 0.3 is 0 Å². The summed E-state index contributed by atoms with van der Waals surface area (Å²) >= 11 is 0. The number of benzene rings is 1. The molecule has 1 aliphatic rings. The van der Waals surface area contributed by atoms with Crippen molar-refractivity contribution >= 4 is 0 Å². The quantitative estimate of drug-likeness (QED) is 0.769. The van der Waals surface area contributed by atoms with Gasteiger partial charge in [0, 0.05) is 0 Å². The zero-order valence-corrected chi connectivity index (χ0v) is 13.0. The van der Waals surface area contributed by atoms with Crippen LogP contribution in [0.3, 0.4) is 0 Å². The van der Waals surface area contributed by atoms with Crippen LogP contribution < -0.4 is 14.4 Å². The molecule has 1 aromatic carbocycles. The topological polar surface area (TPSA) is 32.1 Å². The third-order valence-corrected chi connectivity index (χ3v) is 3.54. The van der Waals surface area contributed by atoms with Gasteiger partial charge in [-0.1, -0.05) is 24.8 Å². The predicted octanol–water partition coefficient (Wildman–Crippen LogP) is 1.32. The Labute approximate surface area is 127 Å². The van der Waals surface area contributed by atoms with Gasteiger partial charge in [0.2, 0.25) is 0 Å². The van der Waals surface area contributed by atoms with Crippen molar-refractivity contribution in [2.24, 2.45) is 0 Å². The number of rotatable bonds is 7. The summed E-state index contributed by atoms with van der Waals surface area (Å²) in [5, 5.41) is 0. The standard InChI is InChI=1S/C17H25NO3/c1-4-10-19-16-7-5-6-8-17(16)20-11-9-18-12-14(2)21-15(3)13-18/h4-8,14-15H,1,9-13H2,2-3H3/p+1/t14-,15-/m0/s1. The van der Waals surface area contributed by atoms with Crippen LogP contribution in [-0.4, -0.2) is 45.1 Å².